The molecule has 0 fully saturated rings. The van der Waals surface area contributed by atoms with Gasteiger partial charge in [0.25, 0.3) is 0 Å². The standard InChI is InChI=1S/C12H28OSi.3H2O.Zr/c1-4-7-10-14(13,11-8-5-2)12-9-6-3;;;;/h13H,4-12H2,1-3H3;3*1H2;. The Bertz CT molecular complexity index is 117. The molecule has 0 aliphatic carbocycles. The predicted octanol–water partition coefficient (Wildman–Crippen LogP) is 1.85. The molecular weight excluding hydrogens is 327 g/mol. The van der Waals surface area contributed by atoms with Crippen LogP contribution in [0.4, 0.5) is 0 Å². The molecule has 0 spiro atoms. The van der Waals surface area contributed by atoms with E-state index in [-0.39, 0.29) is 42.6 Å². The summed E-state index contributed by atoms with van der Waals surface area (Å²) in [7, 11) is -1.81. The molecule has 0 rings (SSSR count). The van der Waals surface area contributed by atoms with E-state index in [0.29, 0.717) is 0 Å². The number of unbranched alkanes of at least 4 members (excludes halogenated alkanes) is 3. The van der Waals surface area contributed by atoms with Crippen LogP contribution in [0.5, 0.6) is 0 Å². The van der Waals surface area contributed by atoms with Crippen LogP contribution in [-0.4, -0.2) is 29.5 Å². The van der Waals surface area contributed by atoms with Crippen molar-refractivity contribution in [2.75, 3.05) is 0 Å². The molecular formula is C12H34O4SiZr. The van der Waals surface area contributed by atoms with Gasteiger partial charge in [0.2, 0.25) is 0 Å². The molecule has 0 unspecified atom stereocenters. The van der Waals surface area contributed by atoms with E-state index in [4.69, 9.17) is 0 Å². The molecule has 18 heavy (non-hydrogen) atoms. The third-order valence-corrected chi connectivity index (χ3v) is 6.84. The maximum atomic E-state index is 10.5. The monoisotopic (exact) mass is 360 g/mol. The Morgan fingerprint density at radius 1 is 0.667 bits per heavy atom. The molecule has 0 radical (unpaired) electrons. The molecule has 0 aromatic heterocycles. The second kappa shape index (κ2) is 20.3. The van der Waals surface area contributed by atoms with Gasteiger partial charge in [-0.3, -0.25) is 0 Å². The SMILES string of the molecule is CCCC[Si](O)(CCCC)CCCC.O.O.O.[Zr]. The second-order valence-electron chi connectivity index (χ2n) is 4.54. The van der Waals surface area contributed by atoms with Crippen molar-refractivity contribution in [2.45, 2.75) is 77.4 Å². The third-order valence-electron chi connectivity index (χ3n) is 2.99. The van der Waals surface area contributed by atoms with E-state index >= 15 is 0 Å². The Hall–Kier alpha value is 0.940. The molecule has 0 saturated heterocycles. The Morgan fingerprint density at radius 3 is 1.06 bits per heavy atom. The molecule has 0 aliphatic heterocycles. The van der Waals surface area contributed by atoms with Gasteiger partial charge in [0.15, 0.2) is 8.32 Å². The quantitative estimate of drug-likeness (QED) is 0.620. The first-order chi connectivity index (χ1) is 6.68. The van der Waals surface area contributed by atoms with Crippen LogP contribution in [0.1, 0.15) is 59.3 Å². The molecule has 0 saturated carbocycles. The minimum atomic E-state index is -1.81. The van der Waals surface area contributed by atoms with Crippen LogP contribution in [0.25, 0.3) is 0 Å². The largest absolute Gasteiger partial charge is 0.432 e. The van der Waals surface area contributed by atoms with E-state index in [0.717, 1.165) is 18.1 Å². The third kappa shape index (κ3) is 16.9. The molecule has 0 amide bonds. The van der Waals surface area contributed by atoms with E-state index in [2.05, 4.69) is 20.8 Å². The smallest absolute Gasteiger partial charge is 0.188 e. The van der Waals surface area contributed by atoms with Gasteiger partial charge in [-0.05, 0) is 18.1 Å². The minimum absolute atomic E-state index is 0. The van der Waals surface area contributed by atoms with Crippen LogP contribution >= 0.6 is 0 Å². The minimum Gasteiger partial charge on any atom is -0.432 e. The fourth-order valence-electron chi connectivity index (χ4n) is 1.89. The number of hydrogen-bond donors (Lipinski definition) is 1. The van der Waals surface area contributed by atoms with E-state index in [1.54, 1.807) is 0 Å². The van der Waals surface area contributed by atoms with Gasteiger partial charge in [-0.25, -0.2) is 0 Å². The summed E-state index contributed by atoms with van der Waals surface area (Å²) >= 11 is 0. The van der Waals surface area contributed by atoms with E-state index in [9.17, 15) is 4.80 Å². The van der Waals surface area contributed by atoms with E-state index in [1.807, 2.05) is 0 Å². The maximum Gasteiger partial charge on any atom is 0.188 e. The Kier molecular flexibility index (Phi) is 35.3. The summed E-state index contributed by atoms with van der Waals surface area (Å²) in [6.07, 6.45) is 7.39. The molecule has 0 aromatic rings. The predicted molar refractivity (Wildman–Crippen MR) is 78.0 cm³/mol. The van der Waals surface area contributed by atoms with Crippen LogP contribution in [0.15, 0.2) is 0 Å². The van der Waals surface area contributed by atoms with Gasteiger partial charge in [0, 0.05) is 26.2 Å². The van der Waals surface area contributed by atoms with Crippen LogP contribution in [-0.2, 0) is 26.2 Å². The van der Waals surface area contributed by atoms with Crippen LogP contribution in [0.2, 0.25) is 18.1 Å². The van der Waals surface area contributed by atoms with Crippen molar-refractivity contribution in [2.24, 2.45) is 0 Å². The van der Waals surface area contributed by atoms with Crippen molar-refractivity contribution < 1.29 is 47.4 Å². The van der Waals surface area contributed by atoms with Crippen molar-refractivity contribution in [1.82, 2.24) is 0 Å². The normalized spacial score (nSPS) is 9.33. The van der Waals surface area contributed by atoms with E-state index in [1.165, 1.54) is 38.5 Å². The molecule has 4 nitrogen and oxygen atoms in total. The molecule has 0 aromatic carbocycles. The molecule has 0 bridgehead atoms. The summed E-state index contributed by atoms with van der Waals surface area (Å²) in [5.74, 6) is 0. The van der Waals surface area contributed by atoms with E-state index < -0.39 is 8.32 Å². The molecule has 7 N–H and O–H groups in total. The van der Waals surface area contributed by atoms with Gasteiger partial charge in [-0.2, -0.15) is 0 Å². The zero-order valence-corrected chi connectivity index (χ0v) is 15.8. The molecule has 114 valence electrons. The first-order valence-corrected chi connectivity index (χ1v) is 8.97. The van der Waals surface area contributed by atoms with Gasteiger partial charge in [0.05, 0.1) is 0 Å². The number of hydrogen-bond acceptors (Lipinski definition) is 1. The van der Waals surface area contributed by atoms with Crippen molar-refractivity contribution >= 4 is 8.32 Å². The van der Waals surface area contributed by atoms with Gasteiger partial charge >= 0.3 is 0 Å². The first kappa shape index (κ1) is 31.4. The zero-order chi connectivity index (χ0) is 10.9. The summed E-state index contributed by atoms with van der Waals surface area (Å²) in [5.41, 5.74) is 0. The Labute approximate surface area is 133 Å². The summed E-state index contributed by atoms with van der Waals surface area (Å²) in [4.78, 5) is 10.5. The Morgan fingerprint density at radius 2 is 0.889 bits per heavy atom. The second-order valence-corrected chi connectivity index (χ2v) is 8.48. The van der Waals surface area contributed by atoms with Gasteiger partial charge in [-0.1, -0.05) is 59.3 Å². The first-order valence-electron chi connectivity index (χ1n) is 6.41. The average molecular weight is 362 g/mol. The molecule has 6 heteroatoms. The van der Waals surface area contributed by atoms with Crippen LogP contribution in [0, 0.1) is 0 Å². The molecule has 0 atom stereocenters. The fourth-order valence-corrected chi connectivity index (χ4v) is 5.68. The summed E-state index contributed by atoms with van der Waals surface area (Å²) in [5, 5.41) is 0. The van der Waals surface area contributed by atoms with Crippen LogP contribution < -0.4 is 0 Å². The fraction of sp³-hybridized carbons (Fsp3) is 1.00. The Balaban J connectivity index is -0.000000141. The van der Waals surface area contributed by atoms with Crippen LogP contribution in [0.3, 0.4) is 0 Å². The zero-order valence-electron chi connectivity index (χ0n) is 12.3. The van der Waals surface area contributed by atoms with Gasteiger partial charge < -0.3 is 21.2 Å². The molecule has 0 heterocycles. The maximum absolute atomic E-state index is 10.5. The van der Waals surface area contributed by atoms with Gasteiger partial charge in [0.1, 0.15) is 0 Å². The summed E-state index contributed by atoms with van der Waals surface area (Å²) in [6, 6.07) is 3.43. The average Bonchev–Trinajstić information content (AvgIpc) is 2.21. The van der Waals surface area contributed by atoms with Crippen molar-refractivity contribution in [1.29, 1.82) is 0 Å². The van der Waals surface area contributed by atoms with Crippen molar-refractivity contribution in [3.63, 3.8) is 0 Å². The topological polar surface area (TPSA) is 115 Å². The van der Waals surface area contributed by atoms with Crippen molar-refractivity contribution in [3.05, 3.63) is 0 Å². The number of rotatable bonds is 9. The summed E-state index contributed by atoms with van der Waals surface area (Å²) < 4.78 is 0. The molecule has 0 aliphatic rings. The van der Waals surface area contributed by atoms with Crippen molar-refractivity contribution in [3.8, 4) is 0 Å². The van der Waals surface area contributed by atoms with Gasteiger partial charge in [-0.15, -0.1) is 0 Å². The summed E-state index contributed by atoms with van der Waals surface area (Å²) in [6.45, 7) is 6.65.